The van der Waals surface area contributed by atoms with Gasteiger partial charge in [0, 0.05) is 28.9 Å². The maximum atomic E-state index is 5.94. The van der Waals surface area contributed by atoms with Gasteiger partial charge in [-0.1, -0.05) is 0 Å². The fraction of sp³-hybridized carbons (Fsp3) is 0.250. The van der Waals surface area contributed by atoms with Gasteiger partial charge in [0.25, 0.3) is 0 Å². The van der Waals surface area contributed by atoms with E-state index in [4.69, 9.17) is 11.5 Å². The number of nitrogens with zero attached hydrogens (tertiary/aromatic N) is 4. The smallest absolute Gasteiger partial charge is 0.169 e. The molecule has 0 fully saturated rings. The number of anilines is 2. The minimum atomic E-state index is 0.173. The number of thiophene rings is 1. The molecular weight excluding hydrogens is 336 g/mol. The molecule has 3 heterocycles. The van der Waals surface area contributed by atoms with Crippen molar-refractivity contribution in [3.05, 3.63) is 35.2 Å². The average molecular weight is 356 g/mol. The van der Waals surface area contributed by atoms with Crippen molar-refractivity contribution in [2.45, 2.75) is 26.4 Å². The lowest BCUT2D eigenvalue weighted by Gasteiger charge is -2.09. The number of aliphatic imine (C=N–C) groups is 1. The first-order chi connectivity index (χ1) is 12.1. The third-order valence-corrected chi connectivity index (χ3v) is 4.47. The molecule has 0 aliphatic rings. The number of aromatic amines is 1. The summed E-state index contributed by atoms with van der Waals surface area (Å²) >= 11 is 1.66. The van der Waals surface area contributed by atoms with Gasteiger partial charge >= 0.3 is 0 Å². The quantitative estimate of drug-likeness (QED) is 0.502. The SMILES string of the molecule is CC(C)N=CC(=CN)c1cnc(N)c(NCc2cc3[nH]ncc3s2)n1. The summed E-state index contributed by atoms with van der Waals surface area (Å²) in [5, 5.41) is 10.2. The monoisotopic (exact) mass is 356 g/mol. The van der Waals surface area contributed by atoms with Crippen LogP contribution >= 0.6 is 11.3 Å². The first-order valence-corrected chi connectivity index (χ1v) is 8.62. The number of H-pyrrole nitrogens is 1. The minimum absolute atomic E-state index is 0.173. The van der Waals surface area contributed by atoms with E-state index >= 15 is 0 Å². The number of aromatic nitrogens is 4. The lowest BCUT2D eigenvalue weighted by atomic mass is 10.2. The van der Waals surface area contributed by atoms with Crippen molar-refractivity contribution in [3.8, 4) is 0 Å². The van der Waals surface area contributed by atoms with E-state index in [1.807, 2.05) is 26.1 Å². The van der Waals surface area contributed by atoms with Crippen molar-refractivity contribution >= 4 is 45.0 Å². The predicted octanol–water partition coefficient (Wildman–Crippen LogP) is 2.39. The summed E-state index contributed by atoms with van der Waals surface area (Å²) in [6.45, 7) is 4.58. The minimum Gasteiger partial charge on any atom is -0.404 e. The summed E-state index contributed by atoms with van der Waals surface area (Å²) in [4.78, 5) is 14.2. The first-order valence-electron chi connectivity index (χ1n) is 7.80. The zero-order valence-corrected chi connectivity index (χ0v) is 14.8. The number of rotatable bonds is 6. The van der Waals surface area contributed by atoms with Crippen LogP contribution in [0.1, 0.15) is 24.4 Å². The van der Waals surface area contributed by atoms with Crippen LogP contribution in [0.5, 0.6) is 0 Å². The van der Waals surface area contributed by atoms with Gasteiger partial charge in [0.15, 0.2) is 11.6 Å². The Morgan fingerprint density at radius 2 is 2.28 bits per heavy atom. The van der Waals surface area contributed by atoms with E-state index in [0.717, 1.165) is 15.1 Å². The van der Waals surface area contributed by atoms with Crippen molar-refractivity contribution in [3.63, 3.8) is 0 Å². The molecular formula is C16H20N8S. The van der Waals surface area contributed by atoms with Gasteiger partial charge in [0.1, 0.15) is 0 Å². The van der Waals surface area contributed by atoms with Crippen molar-refractivity contribution in [2.75, 3.05) is 11.1 Å². The van der Waals surface area contributed by atoms with Crippen LogP contribution in [0.4, 0.5) is 11.6 Å². The summed E-state index contributed by atoms with van der Waals surface area (Å²) in [6, 6.07) is 2.22. The van der Waals surface area contributed by atoms with Crippen molar-refractivity contribution in [2.24, 2.45) is 10.7 Å². The Kier molecular flexibility index (Phi) is 4.94. The molecule has 3 aromatic rings. The first kappa shape index (κ1) is 16.9. The molecule has 3 aromatic heterocycles. The van der Waals surface area contributed by atoms with Crippen LogP contribution in [-0.4, -0.2) is 32.4 Å². The molecule has 0 spiro atoms. The Morgan fingerprint density at radius 1 is 1.44 bits per heavy atom. The Balaban J connectivity index is 1.77. The fourth-order valence-electron chi connectivity index (χ4n) is 2.15. The normalized spacial score (nSPS) is 12.5. The van der Waals surface area contributed by atoms with E-state index in [2.05, 4.69) is 30.5 Å². The number of nitrogens with one attached hydrogen (secondary N) is 2. The standard InChI is InChI=1S/C16H20N8S/c1-9(2)19-5-10(4-17)13-7-20-15(18)16(23-13)21-6-11-3-12-14(25-11)8-22-24-12/h3-5,7-9H,6,17H2,1-2H3,(H2,18,20)(H,21,23)(H,22,24). The molecule has 0 atom stereocenters. The van der Waals surface area contributed by atoms with Gasteiger partial charge in [-0.15, -0.1) is 11.3 Å². The number of nitrogens with two attached hydrogens (primary N) is 2. The van der Waals surface area contributed by atoms with Gasteiger partial charge < -0.3 is 16.8 Å². The van der Waals surface area contributed by atoms with Crippen LogP contribution < -0.4 is 16.8 Å². The van der Waals surface area contributed by atoms with E-state index in [9.17, 15) is 0 Å². The van der Waals surface area contributed by atoms with Gasteiger partial charge in [-0.2, -0.15) is 5.10 Å². The molecule has 0 amide bonds. The second-order valence-corrected chi connectivity index (χ2v) is 6.87. The Labute approximate surface area is 149 Å². The van der Waals surface area contributed by atoms with Crippen LogP contribution in [0.25, 0.3) is 15.8 Å². The molecule has 0 saturated carbocycles. The molecule has 0 aliphatic carbocycles. The number of nitrogen functional groups attached to an aromatic ring is 1. The topological polar surface area (TPSA) is 131 Å². The van der Waals surface area contributed by atoms with Gasteiger partial charge in [0.2, 0.25) is 0 Å². The van der Waals surface area contributed by atoms with Crippen LogP contribution in [0.15, 0.2) is 29.7 Å². The van der Waals surface area contributed by atoms with Crippen LogP contribution in [-0.2, 0) is 6.54 Å². The van der Waals surface area contributed by atoms with Gasteiger partial charge in [-0.3, -0.25) is 10.1 Å². The van der Waals surface area contributed by atoms with Gasteiger partial charge in [0.05, 0.1) is 34.8 Å². The highest BCUT2D eigenvalue weighted by Gasteiger charge is 2.09. The summed E-state index contributed by atoms with van der Waals surface area (Å²) in [5.41, 5.74) is 14.0. The molecule has 0 unspecified atom stereocenters. The van der Waals surface area contributed by atoms with Crippen LogP contribution in [0.2, 0.25) is 0 Å². The molecule has 0 aliphatic heterocycles. The maximum absolute atomic E-state index is 5.94. The molecule has 130 valence electrons. The Bertz CT molecular complexity index is 893. The maximum Gasteiger partial charge on any atom is 0.169 e. The molecule has 0 bridgehead atoms. The molecule has 6 N–H and O–H groups in total. The number of allylic oxidation sites excluding steroid dienone is 1. The van der Waals surface area contributed by atoms with E-state index in [1.54, 1.807) is 23.7 Å². The van der Waals surface area contributed by atoms with Crippen LogP contribution in [0, 0.1) is 0 Å². The zero-order chi connectivity index (χ0) is 17.8. The highest BCUT2D eigenvalue weighted by Crippen LogP contribution is 2.25. The Morgan fingerprint density at radius 3 is 3.00 bits per heavy atom. The summed E-state index contributed by atoms with van der Waals surface area (Å²) in [6.07, 6.45) is 6.56. The number of fused-ring (bicyclic) bond motifs is 1. The average Bonchev–Trinajstić information content (AvgIpc) is 3.16. The van der Waals surface area contributed by atoms with Crippen LogP contribution in [0.3, 0.4) is 0 Å². The third-order valence-electron chi connectivity index (χ3n) is 3.40. The summed E-state index contributed by atoms with van der Waals surface area (Å²) in [7, 11) is 0. The summed E-state index contributed by atoms with van der Waals surface area (Å²) < 4.78 is 1.11. The molecule has 3 rings (SSSR count). The van der Waals surface area contributed by atoms with Gasteiger partial charge in [-0.05, 0) is 19.9 Å². The third kappa shape index (κ3) is 3.94. The lowest BCUT2D eigenvalue weighted by molar-refractivity contribution is 0.842. The molecule has 0 saturated heterocycles. The van der Waals surface area contributed by atoms with Crippen molar-refractivity contribution in [1.82, 2.24) is 20.2 Å². The van der Waals surface area contributed by atoms with E-state index in [0.29, 0.717) is 29.4 Å². The highest BCUT2D eigenvalue weighted by atomic mass is 32.1. The zero-order valence-electron chi connectivity index (χ0n) is 14.0. The molecule has 9 heteroatoms. The van der Waals surface area contributed by atoms with E-state index in [-0.39, 0.29) is 6.04 Å². The molecule has 25 heavy (non-hydrogen) atoms. The van der Waals surface area contributed by atoms with Crippen molar-refractivity contribution in [1.29, 1.82) is 0 Å². The summed E-state index contributed by atoms with van der Waals surface area (Å²) in [5.74, 6) is 0.856. The Hall–Kier alpha value is -2.94. The van der Waals surface area contributed by atoms with Crippen molar-refractivity contribution < 1.29 is 0 Å². The van der Waals surface area contributed by atoms with E-state index in [1.165, 1.54) is 6.20 Å². The number of hydrogen-bond acceptors (Lipinski definition) is 8. The molecule has 0 aromatic carbocycles. The number of hydrogen-bond donors (Lipinski definition) is 4. The molecule has 8 nitrogen and oxygen atoms in total. The lowest BCUT2D eigenvalue weighted by Crippen LogP contribution is -2.08. The predicted molar refractivity (Wildman–Crippen MR) is 104 cm³/mol. The fourth-order valence-corrected chi connectivity index (χ4v) is 3.07. The van der Waals surface area contributed by atoms with Gasteiger partial charge in [-0.25, -0.2) is 9.97 Å². The van der Waals surface area contributed by atoms with E-state index < -0.39 is 0 Å². The largest absolute Gasteiger partial charge is 0.404 e. The molecule has 0 radical (unpaired) electrons. The second kappa shape index (κ2) is 7.31. The highest BCUT2D eigenvalue weighted by molar-refractivity contribution is 7.19. The second-order valence-electron chi connectivity index (χ2n) is 5.70.